The molecule has 0 saturated heterocycles. The van der Waals surface area contributed by atoms with Crippen molar-refractivity contribution in [1.29, 1.82) is 0 Å². The SMILES string of the molecule is CC(C)c1cc(-c2ccccc2)cc(C(C)C)c1-c1cc(-c2[c-]cc(F)cc2F)nc(-c2[c-]cc(F)cc2F)c1.CN1C=CN(c2cc(-c3ccc(-c4ccccc4)cc3)cc(-c3[c-]cccc3)n2)[CH-]1.[Ir]. The van der Waals surface area contributed by atoms with E-state index in [1.807, 2.05) is 84.4 Å². The van der Waals surface area contributed by atoms with Crippen LogP contribution in [0.1, 0.15) is 50.7 Å². The van der Waals surface area contributed by atoms with E-state index in [-0.39, 0.29) is 54.5 Å². The summed E-state index contributed by atoms with van der Waals surface area (Å²) in [5, 5.41) is 0. The zero-order valence-corrected chi connectivity index (χ0v) is 42.1. The zero-order valence-electron chi connectivity index (χ0n) is 39.7. The van der Waals surface area contributed by atoms with E-state index in [0.717, 1.165) is 80.3 Å². The first-order chi connectivity index (χ1) is 33.9. The molecule has 0 amide bonds. The second-order valence-electron chi connectivity index (χ2n) is 17.7. The first-order valence-corrected chi connectivity index (χ1v) is 23.1. The smallest absolute Gasteiger partial charge is 0.0949 e. The Labute approximate surface area is 427 Å². The van der Waals surface area contributed by atoms with Gasteiger partial charge < -0.3 is 14.8 Å². The summed E-state index contributed by atoms with van der Waals surface area (Å²) in [5.41, 5.74) is 12.7. The fourth-order valence-electron chi connectivity index (χ4n) is 8.52. The molecule has 0 aliphatic carbocycles. The third-order valence-corrected chi connectivity index (χ3v) is 12.0. The molecule has 3 heterocycles. The standard InChI is InChI=1S/C35H27F4N.C27H21N3.Ir/c1-20(2)29-14-23(22-8-6-5-7-9-22)15-30(21(3)4)35(29)24-16-33(27-12-10-25(36)18-31(27)38)40-34(17-24)28-13-11-26(37)19-32(28)39;1-29-16-17-30(20-29)27-19-25(18-26(28-27)24-10-6-3-7-11-24)23-14-12-22(13-15-23)21-8-4-2-5-9-21;/h5-11,14-21H,1-4H3;2-10,12-20H,1H3;/q2*-2;. The Morgan fingerprint density at radius 1 is 0.479 bits per heavy atom. The molecule has 9 heteroatoms. The minimum atomic E-state index is -0.841. The van der Waals surface area contributed by atoms with E-state index in [9.17, 15) is 17.6 Å². The summed E-state index contributed by atoms with van der Waals surface area (Å²) in [4.78, 5) is 13.5. The van der Waals surface area contributed by atoms with Crippen LogP contribution in [-0.2, 0) is 20.1 Å². The van der Waals surface area contributed by atoms with Crippen molar-refractivity contribution in [2.75, 3.05) is 11.9 Å². The van der Waals surface area contributed by atoms with Crippen molar-refractivity contribution in [2.24, 2.45) is 0 Å². The molecule has 4 nitrogen and oxygen atoms in total. The van der Waals surface area contributed by atoms with Gasteiger partial charge >= 0.3 is 0 Å². The third-order valence-electron chi connectivity index (χ3n) is 12.0. The monoisotopic (exact) mass is 1120 g/mol. The molecule has 1 aliphatic heterocycles. The molecule has 71 heavy (non-hydrogen) atoms. The van der Waals surface area contributed by atoms with Gasteiger partial charge in [0.15, 0.2) is 0 Å². The van der Waals surface area contributed by atoms with Crippen molar-refractivity contribution in [3.8, 4) is 78.3 Å². The maximum atomic E-state index is 14.9. The van der Waals surface area contributed by atoms with E-state index in [4.69, 9.17) is 4.98 Å². The maximum absolute atomic E-state index is 14.9. The molecule has 0 bridgehead atoms. The molecular formula is C62H48F4IrN4-4. The summed E-state index contributed by atoms with van der Waals surface area (Å²) in [7, 11) is 2.01. The summed E-state index contributed by atoms with van der Waals surface area (Å²) < 4.78 is 57.3. The molecule has 357 valence electrons. The van der Waals surface area contributed by atoms with Crippen LogP contribution in [0.25, 0.3) is 78.3 Å². The van der Waals surface area contributed by atoms with Crippen LogP contribution in [0, 0.1) is 48.1 Å². The van der Waals surface area contributed by atoms with Gasteiger partial charge in [0.25, 0.3) is 0 Å². The minimum absolute atomic E-state index is 0. The van der Waals surface area contributed by atoms with Gasteiger partial charge in [-0.2, -0.15) is 0 Å². The van der Waals surface area contributed by atoms with Crippen LogP contribution < -0.4 is 4.90 Å². The van der Waals surface area contributed by atoms with Crippen LogP contribution in [0.15, 0.2) is 182 Å². The number of pyridine rings is 2. The van der Waals surface area contributed by atoms with Crippen LogP contribution in [0.5, 0.6) is 0 Å². The first-order valence-electron chi connectivity index (χ1n) is 23.1. The Morgan fingerprint density at radius 2 is 0.958 bits per heavy atom. The molecule has 9 aromatic rings. The number of benzene rings is 7. The van der Waals surface area contributed by atoms with E-state index in [2.05, 4.69) is 136 Å². The predicted octanol–water partition coefficient (Wildman–Crippen LogP) is 16.4. The van der Waals surface area contributed by atoms with Gasteiger partial charge in [-0.15, -0.1) is 66.8 Å². The summed E-state index contributed by atoms with van der Waals surface area (Å²) in [6.07, 6.45) is 4.03. The van der Waals surface area contributed by atoms with Gasteiger partial charge in [-0.05, 0) is 110 Å². The Balaban J connectivity index is 0.000000195. The van der Waals surface area contributed by atoms with Crippen LogP contribution in [0.3, 0.4) is 0 Å². The van der Waals surface area contributed by atoms with Gasteiger partial charge in [0.2, 0.25) is 0 Å². The van der Waals surface area contributed by atoms with Gasteiger partial charge in [-0.1, -0.05) is 166 Å². The molecule has 1 aliphatic rings. The molecule has 1 radical (unpaired) electrons. The maximum Gasteiger partial charge on any atom is 0.0949 e. The second kappa shape index (κ2) is 22.1. The number of nitrogens with zero attached hydrogens (tertiary/aromatic N) is 4. The van der Waals surface area contributed by atoms with Crippen molar-refractivity contribution in [2.45, 2.75) is 39.5 Å². The third kappa shape index (κ3) is 11.4. The summed E-state index contributed by atoms with van der Waals surface area (Å²) >= 11 is 0. The van der Waals surface area contributed by atoms with Gasteiger partial charge in [0, 0.05) is 43.4 Å². The summed E-state index contributed by atoms with van der Waals surface area (Å²) in [6, 6.07) is 61.3. The average molecular weight is 1120 g/mol. The molecule has 0 fully saturated rings. The number of hydrogen-bond donors (Lipinski definition) is 0. The molecule has 2 aromatic heterocycles. The molecule has 0 N–H and O–H groups in total. The second-order valence-corrected chi connectivity index (χ2v) is 17.7. The molecular weight excluding hydrogens is 1070 g/mol. The van der Waals surface area contributed by atoms with Gasteiger partial charge in [0.05, 0.1) is 5.82 Å². The Kier molecular flexibility index (Phi) is 15.5. The van der Waals surface area contributed by atoms with E-state index in [1.54, 1.807) is 12.1 Å². The summed E-state index contributed by atoms with van der Waals surface area (Å²) in [6.45, 7) is 10.4. The van der Waals surface area contributed by atoms with Crippen molar-refractivity contribution < 1.29 is 37.7 Å². The molecule has 0 atom stereocenters. The van der Waals surface area contributed by atoms with E-state index in [1.165, 1.54) is 11.1 Å². The minimum Gasteiger partial charge on any atom is -0.510 e. The van der Waals surface area contributed by atoms with Crippen LogP contribution in [0.4, 0.5) is 23.4 Å². The topological polar surface area (TPSA) is 32.3 Å². The van der Waals surface area contributed by atoms with E-state index >= 15 is 0 Å². The van der Waals surface area contributed by atoms with Gasteiger partial charge in [0.1, 0.15) is 0 Å². The van der Waals surface area contributed by atoms with Crippen molar-refractivity contribution >= 4 is 5.82 Å². The van der Waals surface area contributed by atoms with E-state index < -0.39 is 23.3 Å². The van der Waals surface area contributed by atoms with Crippen molar-refractivity contribution in [3.63, 3.8) is 0 Å². The number of anilines is 1. The fourth-order valence-corrected chi connectivity index (χ4v) is 8.52. The van der Waals surface area contributed by atoms with Crippen molar-refractivity contribution in [1.82, 2.24) is 14.9 Å². The molecule has 0 spiro atoms. The van der Waals surface area contributed by atoms with E-state index in [0.29, 0.717) is 5.56 Å². The number of hydrogen-bond acceptors (Lipinski definition) is 4. The van der Waals surface area contributed by atoms with Crippen LogP contribution >= 0.6 is 0 Å². The quantitative estimate of drug-likeness (QED) is 0.101. The molecule has 7 aromatic carbocycles. The number of rotatable bonds is 10. The fraction of sp³-hybridized carbons (Fsp3) is 0.113. The Morgan fingerprint density at radius 3 is 1.44 bits per heavy atom. The molecule has 10 rings (SSSR count). The first kappa shape index (κ1) is 50.0. The van der Waals surface area contributed by atoms with Gasteiger partial charge in [-0.25, -0.2) is 0 Å². The molecule has 0 saturated carbocycles. The number of aromatic nitrogens is 2. The average Bonchev–Trinajstić information content (AvgIpc) is 3.82. The van der Waals surface area contributed by atoms with Crippen molar-refractivity contribution in [3.05, 3.63) is 242 Å². The predicted molar refractivity (Wildman–Crippen MR) is 275 cm³/mol. The molecule has 0 unspecified atom stereocenters. The van der Waals surface area contributed by atoms with Gasteiger partial charge in [-0.3, -0.25) is 22.5 Å². The zero-order chi connectivity index (χ0) is 48.9. The normalized spacial score (nSPS) is 12.0. The number of halogens is 4. The summed E-state index contributed by atoms with van der Waals surface area (Å²) in [5.74, 6) is -2.11. The van der Waals surface area contributed by atoms with Crippen LogP contribution in [-0.4, -0.2) is 21.9 Å². The largest absolute Gasteiger partial charge is 0.510 e. The Hall–Kier alpha value is -7.45. The van der Waals surface area contributed by atoms with Crippen LogP contribution in [0.2, 0.25) is 0 Å². The Bertz CT molecular complexity index is 3210.